The van der Waals surface area contributed by atoms with Gasteiger partial charge >= 0.3 is 0 Å². The van der Waals surface area contributed by atoms with Crippen LogP contribution in [0.15, 0.2) is 18.2 Å². The molecule has 17 heavy (non-hydrogen) atoms. The normalized spacial score (nSPS) is 11.5. The number of carbonyl (C=O) groups is 1. The lowest BCUT2D eigenvalue weighted by molar-refractivity contribution is -0.129. The van der Waals surface area contributed by atoms with Crippen LogP contribution in [0.2, 0.25) is 0 Å². The van der Waals surface area contributed by atoms with Gasteiger partial charge in [0, 0.05) is 14.1 Å². The number of carbonyl (C=O) groups excluding carboxylic acids is 1. The zero-order valence-electron chi connectivity index (χ0n) is 9.99. The molecule has 1 aromatic carbocycles. The van der Waals surface area contributed by atoms with E-state index in [2.05, 4.69) is 5.32 Å². The lowest BCUT2D eigenvalue weighted by Crippen LogP contribution is -2.36. The summed E-state index contributed by atoms with van der Waals surface area (Å²) in [5, 5.41) is 11.7. The molecule has 0 saturated heterocycles. The third-order valence-corrected chi connectivity index (χ3v) is 2.31. The van der Waals surface area contributed by atoms with Gasteiger partial charge in [-0.15, -0.1) is 0 Å². The predicted molar refractivity (Wildman–Crippen MR) is 62.9 cm³/mol. The number of likely N-dealkylation sites (N-methyl/N-ethyl adjacent to an activating group) is 1. The zero-order valence-corrected chi connectivity index (χ0v) is 9.99. The second-order valence-electron chi connectivity index (χ2n) is 3.87. The maximum atomic E-state index is 13.3. The number of rotatable bonds is 3. The van der Waals surface area contributed by atoms with Crippen LogP contribution in [0.25, 0.3) is 0 Å². The van der Waals surface area contributed by atoms with E-state index in [0.29, 0.717) is 5.69 Å². The van der Waals surface area contributed by atoms with Gasteiger partial charge in [0.1, 0.15) is 23.5 Å². The first kappa shape index (κ1) is 13.0. The first-order valence-corrected chi connectivity index (χ1v) is 5.13. The molecule has 0 unspecified atom stereocenters. The average Bonchev–Trinajstić information content (AvgIpc) is 2.28. The third-order valence-electron chi connectivity index (χ3n) is 2.31. The summed E-state index contributed by atoms with van der Waals surface area (Å²) in [6.45, 7) is 1.66. The molecule has 0 aliphatic rings. The van der Waals surface area contributed by atoms with Crippen LogP contribution in [0.4, 0.5) is 10.1 Å². The number of amides is 1. The SMILES string of the molecule is C[C@H](Nc1cccc(F)c1C#N)C(=O)N(C)C. The van der Waals surface area contributed by atoms with Crippen LogP contribution in [-0.4, -0.2) is 30.9 Å². The molecule has 0 aliphatic carbocycles. The van der Waals surface area contributed by atoms with Crippen molar-refractivity contribution >= 4 is 11.6 Å². The fraction of sp³-hybridized carbons (Fsp3) is 0.333. The van der Waals surface area contributed by atoms with Crippen LogP contribution in [0.5, 0.6) is 0 Å². The van der Waals surface area contributed by atoms with Gasteiger partial charge in [-0.1, -0.05) is 6.07 Å². The van der Waals surface area contributed by atoms with Crippen LogP contribution < -0.4 is 5.32 Å². The van der Waals surface area contributed by atoms with Gasteiger partial charge in [0.25, 0.3) is 0 Å². The minimum absolute atomic E-state index is 0.0779. The Bertz CT molecular complexity index is 465. The number of anilines is 1. The van der Waals surface area contributed by atoms with E-state index in [1.54, 1.807) is 33.2 Å². The van der Waals surface area contributed by atoms with E-state index < -0.39 is 11.9 Å². The first-order chi connectivity index (χ1) is 7.97. The molecule has 1 amide bonds. The lowest BCUT2D eigenvalue weighted by Gasteiger charge is -2.19. The van der Waals surface area contributed by atoms with Gasteiger partial charge in [-0.2, -0.15) is 5.26 Å². The van der Waals surface area contributed by atoms with Crippen molar-refractivity contribution in [2.75, 3.05) is 19.4 Å². The Hall–Kier alpha value is -2.09. The molecule has 1 aromatic rings. The minimum Gasteiger partial charge on any atom is -0.373 e. The summed E-state index contributed by atoms with van der Waals surface area (Å²) in [5.41, 5.74) is 0.251. The summed E-state index contributed by atoms with van der Waals surface area (Å²) >= 11 is 0. The van der Waals surface area contributed by atoms with Crippen LogP contribution in [-0.2, 0) is 4.79 Å². The maximum absolute atomic E-state index is 13.3. The Morgan fingerprint density at radius 1 is 1.53 bits per heavy atom. The number of nitriles is 1. The number of nitrogens with zero attached hydrogens (tertiary/aromatic N) is 2. The van der Waals surface area contributed by atoms with Gasteiger partial charge in [-0.25, -0.2) is 4.39 Å². The zero-order chi connectivity index (χ0) is 13.0. The molecule has 1 atom stereocenters. The Labute approximate surface area is 99.7 Å². The Balaban J connectivity index is 2.93. The minimum atomic E-state index is -0.595. The Morgan fingerprint density at radius 3 is 2.71 bits per heavy atom. The van der Waals surface area contributed by atoms with Crippen molar-refractivity contribution in [3.63, 3.8) is 0 Å². The number of halogens is 1. The highest BCUT2D eigenvalue weighted by molar-refractivity contribution is 5.84. The molecule has 1 rings (SSSR count). The largest absolute Gasteiger partial charge is 0.373 e. The molecule has 0 aromatic heterocycles. The summed E-state index contributed by atoms with van der Waals surface area (Å²) in [7, 11) is 3.27. The fourth-order valence-electron chi connectivity index (χ4n) is 1.44. The van der Waals surface area contributed by atoms with Crippen molar-refractivity contribution in [2.24, 2.45) is 0 Å². The van der Waals surface area contributed by atoms with Crippen LogP contribution in [0.1, 0.15) is 12.5 Å². The number of hydrogen-bond donors (Lipinski definition) is 1. The van der Waals surface area contributed by atoms with Gasteiger partial charge in [-0.05, 0) is 19.1 Å². The van der Waals surface area contributed by atoms with Crippen molar-refractivity contribution < 1.29 is 9.18 Å². The molecule has 0 heterocycles. The molecular weight excluding hydrogens is 221 g/mol. The van der Waals surface area contributed by atoms with Crippen LogP contribution in [0, 0.1) is 17.1 Å². The third kappa shape index (κ3) is 2.94. The van der Waals surface area contributed by atoms with Gasteiger partial charge in [0.05, 0.1) is 5.69 Å². The van der Waals surface area contributed by atoms with Crippen molar-refractivity contribution in [3.8, 4) is 6.07 Å². The van der Waals surface area contributed by atoms with Crippen molar-refractivity contribution in [3.05, 3.63) is 29.6 Å². The summed E-state index contributed by atoms with van der Waals surface area (Å²) in [6.07, 6.45) is 0. The number of nitrogens with one attached hydrogen (secondary N) is 1. The lowest BCUT2D eigenvalue weighted by atomic mass is 10.1. The van der Waals surface area contributed by atoms with Gasteiger partial charge < -0.3 is 10.2 Å². The number of hydrogen-bond acceptors (Lipinski definition) is 3. The fourth-order valence-corrected chi connectivity index (χ4v) is 1.44. The van der Waals surface area contributed by atoms with E-state index in [9.17, 15) is 9.18 Å². The second kappa shape index (κ2) is 5.30. The van der Waals surface area contributed by atoms with Crippen molar-refractivity contribution in [2.45, 2.75) is 13.0 Å². The maximum Gasteiger partial charge on any atom is 0.244 e. The monoisotopic (exact) mass is 235 g/mol. The highest BCUT2D eigenvalue weighted by Crippen LogP contribution is 2.18. The summed E-state index contributed by atoms with van der Waals surface area (Å²) in [5.74, 6) is -0.736. The predicted octanol–water partition coefficient (Wildman–Crippen LogP) is 1.59. The first-order valence-electron chi connectivity index (χ1n) is 5.13. The summed E-state index contributed by atoms with van der Waals surface area (Å²) < 4.78 is 13.3. The van der Waals surface area contributed by atoms with E-state index in [0.717, 1.165) is 0 Å². The van der Waals surface area contributed by atoms with E-state index in [1.165, 1.54) is 17.0 Å². The summed E-state index contributed by atoms with van der Waals surface area (Å²) in [6, 6.07) is 5.53. The van der Waals surface area contributed by atoms with Gasteiger partial charge in [0.15, 0.2) is 0 Å². The van der Waals surface area contributed by atoms with Gasteiger partial charge in [-0.3, -0.25) is 4.79 Å². The molecule has 0 bridgehead atoms. The Kier molecular flexibility index (Phi) is 4.05. The molecule has 0 radical (unpaired) electrons. The quantitative estimate of drug-likeness (QED) is 0.865. The molecule has 4 nitrogen and oxygen atoms in total. The molecular formula is C12H14FN3O. The molecule has 0 aliphatic heterocycles. The standard InChI is InChI=1S/C12H14FN3O/c1-8(12(17)16(2)3)15-11-6-4-5-10(13)9(11)7-14/h4-6,8,15H,1-3H3/t8-/m0/s1. The molecule has 0 spiro atoms. The molecule has 90 valence electrons. The topological polar surface area (TPSA) is 56.1 Å². The molecule has 1 N–H and O–H groups in total. The van der Waals surface area contributed by atoms with Crippen molar-refractivity contribution in [1.82, 2.24) is 4.90 Å². The molecule has 5 heteroatoms. The van der Waals surface area contributed by atoms with E-state index >= 15 is 0 Å². The molecule has 0 fully saturated rings. The number of benzene rings is 1. The summed E-state index contributed by atoms with van der Waals surface area (Å²) in [4.78, 5) is 13.1. The highest BCUT2D eigenvalue weighted by Gasteiger charge is 2.16. The van der Waals surface area contributed by atoms with E-state index in [4.69, 9.17) is 5.26 Å². The molecule has 0 saturated carbocycles. The van der Waals surface area contributed by atoms with Crippen LogP contribution in [0.3, 0.4) is 0 Å². The highest BCUT2D eigenvalue weighted by atomic mass is 19.1. The second-order valence-corrected chi connectivity index (χ2v) is 3.87. The van der Waals surface area contributed by atoms with E-state index in [-0.39, 0.29) is 11.5 Å². The van der Waals surface area contributed by atoms with Crippen molar-refractivity contribution in [1.29, 1.82) is 5.26 Å². The smallest absolute Gasteiger partial charge is 0.244 e. The average molecular weight is 235 g/mol. The van der Waals surface area contributed by atoms with Gasteiger partial charge in [0.2, 0.25) is 5.91 Å². The van der Waals surface area contributed by atoms with Crippen LogP contribution >= 0.6 is 0 Å². The Morgan fingerprint density at radius 2 is 2.18 bits per heavy atom. The van der Waals surface area contributed by atoms with E-state index in [1.807, 2.05) is 0 Å².